The second-order valence-electron chi connectivity index (χ2n) is 6.36. The molecule has 2 heterocycles. The lowest BCUT2D eigenvalue weighted by atomic mass is 10.1. The van der Waals surface area contributed by atoms with E-state index in [0.717, 1.165) is 17.4 Å². The van der Waals surface area contributed by atoms with E-state index in [4.69, 9.17) is 0 Å². The van der Waals surface area contributed by atoms with Crippen LogP contribution in [0.5, 0.6) is 0 Å². The molecular formula is C19H21N5O3S. The number of carbonyl (C=O) groups is 1. The van der Waals surface area contributed by atoms with E-state index in [0.29, 0.717) is 12.4 Å². The summed E-state index contributed by atoms with van der Waals surface area (Å²) in [5, 5.41) is 9.77. The standard InChI is InChI=1S/C19H21N5O3S/c1-14(16-4-6-17(7-5-16)28(2,26)27)23-19(25)21-13-15-8-10-20-18(12-15)24-11-3-9-22-24/h3-12,14H,13H2,1-2H3,(H2,21,23,25). The molecule has 28 heavy (non-hydrogen) atoms. The van der Waals surface area contributed by atoms with E-state index in [2.05, 4.69) is 20.7 Å². The van der Waals surface area contributed by atoms with Gasteiger partial charge in [-0.05, 0) is 48.4 Å². The Morgan fingerprint density at radius 3 is 2.57 bits per heavy atom. The number of rotatable bonds is 6. The zero-order valence-electron chi connectivity index (χ0n) is 15.5. The summed E-state index contributed by atoms with van der Waals surface area (Å²) in [5.41, 5.74) is 1.70. The van der Waals surface area contributed by atoms with E-state index in [-0.39, 0.29) is 17.0 Å². The second-order valence-corrected chi connectivity index (χ2v) is 8.38. The van der Waals surface area contributed by atoms with Crippen molar-refractivity contribution in [1.29, 1.82) is 0 Å². The molecule has 2 N–H and O–H groups in total. The third-order valence-corrected chi connectivity index (χ3v) is 5.29. The Morgan fingerprint density at radius 1 is 1.18 bits per heavy atom. The van der Waals surface area contributed by atoms with E-state index < -0.39 is 9.84 Å². The predicted octanol–water partition coefficient (Wildman–Crippen LogP) is 2.23. The van der Waals surface area contributed by atoms with Gasteiger partial charge < -0.3 is 10.6 Å². The van der Waals surface area contributed by atoms with Crippen LogP contribution >= 0.6 is 0 Å². The molecule has 0 fully saturated rings. The molecule has 2 aromatic heterocycles. The number of nitrogens with one attached hydrogen (secondary N) is 2. The molecule has 9 heteroatoms. The molecule has 0 saturated carbocycles. The smallest absolute Gasteiger partial charge is 0.315 e. The van der Waals surface area contributed by atoms with Crippen molar-refractivity contribution in [3.8, 4) is 5.82 Å². The Hall–Kier alpha value is -3.20. The zero-order valence-corrected chi connectivity index (χ0v) is 16.3. The second kappa shape index (κ2) is 8.22. The molecule has 0 aliphatic rings. The van der Waals surface area contributed by atoms with E-state index >= 15 is 0 Å². The minimum absolute atomic E-state index is 0.249. The van der Waals surface area contributed by atoms with Gasteiger partial charge in [0.15, 0.2) is 15.7 Å². The number of pyridine rings is 1. The molecule has 1 unspecified atom stereocenters. The van der Waals surface area contributed by atoms with Gasteiger partial charge in [0.2, 0.25) is 0 Å². The molecule has 0 saturated heterocycles. The van der Waals surface area contributed by atoms with Crippen molar-refractivity contribution in [2.75, 3.05) is 6.26 Å². The topological polar surface area (TPSA) is 106 Å². The molecule has 0 radical (unpaired) electrons. The van der Waals surface area contributed by atoms with Crippen molar-refractivity contribution >= 4 is 15.9 Å². The van der Waals surface area contributed by atoms with E-state index in [1.165, 1.54) is 12.1 Å². The highest BCUT2D eigenvalue weighted by Gasteiger charge is 2.12. The van der Waals surface area contributed by atoms with Crippen molar-refractivity contribution in [2.45, 2.75) is 24.4 Å². The fourth-order valence-corrected chi connectivity index (χ4v) is 3.25. The summed E-state index contributed by atoms with van der Waals surface area (Å²) in [4.78, 5) is 16.7. The van der Waals surface area contributed by atoms with E-state index in [1.54, 1.807) is 35.4 Å². The normalized spacial score (nSPS) is 12.4. The molecule has 3 aromatic rings. The van der Waals surface area contributed by atoms with E-state index in [9.17, 15) is 13.2 Å². The average molecular weight is 399 g/mol. The van der Waals surface area contributed by atoms with Crippen molar-refractivity contribution in [2.24, 2.45) is 0 Å². The summed E-state index contributed by atoms with van der Waals surface area (Å²) in [5.74, 6) is 0.670. The third kappa shape index (κ3) is 4.95. The van der Waals surface area contributed by atoms with Crippen molar-refractivity contribution in [1.82, 2.24) is 25.4 Å². The number of hydrogen-bond donors (Lipinski definition) is 2. The summed E-state index contributed by atoms with van der Waals surface area (Å²) in [6, 6.07) is 11.3. The van der Waals surface area contributed by atoms with Crippen molar-refractivity contribution < 1.29 is 13.2 Å². The van der Waals surface area contributed by atoms with E-state index in [1.807, 2.05) is 25.1 Å². The Balaban J connectivity index is 1.56. The number of aromatic nitrogens is 3. The summed E-state index contributed by atoms with van der Waals surface area (Å²) in [6.07, 6.45) is 6.29. The van der Waals surface area contributed by atoms with Gasteiger partial charge in [-0.2, -0.15) is 5.10 Å². The highest BCUT2D eigenvalue weighted by Crippen LogP contribution is 2.16. The Bertz CT molecular complexity index is 1050. The Kier molecular flexibility index (Phi) is 5.74. The third-order valence-electron chi connectivity index (χ3n) is 4.16. The number of urea groups is 1. The first-order valence-corrected chi connectivity index (χ1v) is 10.5. The van der Waals surface area contributed by atoms with Crippen LogP contribution in [0.1, 0.15) is 24.1 Å². The minimum Gasteiger partial charge on any atom is -0.334 e. The molecular weight excluding hydrogens is 378 g/mol. The number of nitrogens with zero attached hydrogens (tertiary/aromatic N) is 3. The first-order chi connectivity index (χ1) is 13.3. The maximum absolute atomic E-state index is 12.2. The van der Waals surface area contributed by atoms with Crippen LogP contribution in [-0.4, -0.2) is 35.5 Å². The van der Waals surface area contributed by atoms with Crippen molar-refractivity contribution in [3.63, 3.8) is 0 Å². The number of sulfone groups is 1. The zero-order chi connectivity index (χ0) is 20.1. The number of carbonyl (C=O) groups excluding carboxylic acids is 1. The summed E-state index contributed by atoms with van der Waals surface area (Å²) in [7, 11) is -3.24. The van der Waals surface area contributed by atoms with Crippen LogP contribution in [0.4, 0.5) is 4.79 Å². The molecule has 3 rings (SSSR count). The van der Waals surface area contributed by atoms with Crippen LogP contribution in [0.25, 0.3) is 5.82 Å². The predicted molar refractivity (Wildman–Crippen MR) is 105 cm³/mol. The molecule has 0 aliphatic heterocycles. The van der Waals surface area contributed by atoms with Crippen LogP contribution in [0.15, 0.2) is 66.0 Å². The molecule has 1 aromatic carbocycles. The molecule has 8 nitrogen and oxygen atoms in total. The van der Waals surface area contributed by atoms with Gasteiger partial charge in [-0.3, -0.25) is 0 Å². The highest BCUT2D eigenvalue weighted by molar-refractivity contribution is 7.90. The lowest BCUT2D eigenvalue weighted by molar-refractivity contribution is 0.237. The first-order valence-electron chi connectivity index (χ1n) is 8.62. The average Bonchev–Trinajstić information content (AvgIpc) is 3.21. The van der Waals surface area contributed by atoms with Gasteiger partial charge in [0.05, 0.1) is 10.9 Å². The Labute approximate surface area is 163 Å². The molecule has 0 aliphatic carbocycles. The molecule has 0 bridgehead atoms. The van der Waals surface area contributed by atoms with Crippen LogP contribution in [0.3, 0.4) is 0 Å². The van der Waals surface area contributed by atoms with Gasteiger partial charge in [0, 0.05) is 31.4 Å². The van der Waals surface area contributed by atoms with Crippen LogP contribution in [-0.2, 0) is 16.4 Å². The lowest BCUT2D eigenvalue weighted by Crippen LogP contribution is -2.36. The van der Waals surface area contributed by atoms with Gasteiger partial charge in [-0.25, -0.2) is 22.9 Å². The van der Waals surface area contributed by atoms with Gasteiger partial charge in [-0.1, -0.05) is 12.1 Å². The van der Waals surface area contributed by atoms with Crippen LogP contribution < -0.4 is 10.6 Å². The van der Waals surface area contributed by atoms with Crippen LogP contribution in [0.2, 0.25) is 0 Å². The maximum Gasteiger partial charge on any atom is 0.315 e. The largest absolute Gasteiger partial charge is 0.334 e. The highest BCUT2D eigenvalue weighted by atomic mass is 32.2. The molecule has 0 spiro atoms. The molecule has 2 amide bonds. The SMILES string of the molecule is CC(NC(=O)NCc1ccnc(-n2cccn2)c1)c1ccc(S(C)(=O)=O)cc1. The first kappa shape index (κ1) is 19.6. The van der Waals surface area contributed by atoms with Gasteiger partial charge in [-0.15, -0.1) is 0 Å². The van der Waals surface area contributed by atoms with Crippen LogP contribution in [0, 0.1) is 0 Å². The van der Waals surface area contributed by atoms with Gasteiger partial charge >= 0.3 is 6.03 Å². The quantitative estimate of drug-likeness (QED) is 0.661. The fourth-order valence-electron chi connectivity index (χ4n) is 2.62. The maximum atomic E-state index is 12.2. The van der Waals surface area contributed by atoms with Gasteiger partial charge in [0.25, 0.3) is 0 Å². The number of benzene rings is 1. The Morgan fingerprint density at radius 2 is 1.93 bits per heavy atom. The number of hydrogen-bond acceptors (Lipinski definition) is 5. The van der Waals surface area contributed by atoms with Crippen molar-refractivity contribution in [3.05, 3.63) is 72.2 Å². The summed E-state index contributed by atoms with van der Waals surface area (Å²) >= 11 is 0. The summed E-state index contributed by atoms with van der Waals surface area (Å²) in [6.45, 7) is 2.17. The number of amides is 2. The summed E-state index contributed by atoms with van der Waals surface area (Å²) < 4.78 is 24.7. The molecule has 146 valence electrons. The monoisotopic (exact) mass is 399 g/mol. The molecule has 1 atom stereocenters. The van der Waals surface area contributed by atoms with Gasteiger partial charge in [0.1, 0.15) is 0 Å². The minimum atomic E-state index is -3.24. The lowest BCUT2D eigenvalue weighted by Gasteiger charge is -2.15. The fraction of sp³-hybridized carbons (Fsp3) is 0.211.